The third kappa shape index (κ3) is 5.30. The molecular formula is C20H30N2O3. The van der Waals surface area contributed by atoms with Gasteiger partial charge in [0.15, 0.2) is 0 Å². The van der Waals surface area contributed by atoms with Gasteiger partial charge in [-0.1, -0.05) is 20.3 Å². The van der Waals surface area contributed by atoms with Crippen LogP contribution >= 0.6 is 0 Å². The quantitative estimate of drug-likeness (QED) is 0.831. The fourth-order valence-corrected chi connectivity index (χ4v) is 3.39. The van der Waals surface area contributed by atoms with Crippen molar-refractivity contribution in [2.75, 3.05) is 18.9 Å². The second-order valence-electron chi connectivity index (χ2n) is 7.62. The van der Waals surface area contributed by atoms with Crippen molar-refractivity contribution in [3.05, 3.63) is 29.3 Å². The average molecular weight is 346 g/mol. The number of aliphatic hydroxyl groups excluding tert-OH is 1. The minimum Gasteiger partial charge on any atom is -0.393 e. The van der Waals surface area contributed by atoms with E-state index in [1.54, 1.807) is 24.1 Å². The number of nitrogens with zero attached hydrogens (tertiary/aromatic N) is 1. The summed E-state index contributed by atoms with van der Waals surface area (Å²) < 4.78 is 0. The largest absolute Gasteiger partial charge is 0.393 e. The lowest BCUT2D eigenvalue weighted by Crippen LogP contribution is -2.34. The summed E-state index contributed by atoms with van der Waals surface area (Å²) in [5.74, 6) is 0.414. The van der Waals surface area contributed by atoms with Gasteiger partial charge in [-0.2, -0.15) is 0 Å². The molecule has 0 heterocycles. The number of nitrogens with one attached hydrogen (secondary N) is 1. The summed E-state index contributed by atoms with van der Waals surface area (Å²) in [5, 5.41) is 12.8. The third-order valence-electron chi connectivity index (χ3n) is 4.82. The molecule has 2 amide bonds. The van der Waals surface area contributed by atoms with E-state index in [4.69, 9.17) is 0 Å². The van der Waals surface area contributed by atoms with Crippen LogP contribution in [0.2, 0.25) is 0 Å². The molecule has 0 spiro atoms. The first-order valence-electron chi connectivity index (χ1n) is 9.12. The van der Waals surface area contributed by atoms with Crippen LogP contribution < -0.4 is 5.32 Å². The van der Waals surface area contributed by atoms with Crippen LogP contribution in [0.25, 0.3) is 0 Å². The Morgan fingerprint density at radius 3 is 2.60 bits per heavy atom. The molecule has 25 heavy (non-hydrogen) atoms. The summed E-state index contributed by atoms with van der Waals surface area (Å²) >= 11 is 0. The number of amides is 2. The van der Waals surface area contributed by atoms with Crippen molar-refractivity contribution in [1.82, 2.24) is 4.90 Å². The fraction of sp³-hybridized carbons (Fsp3) is 0.600. The zero-order valence-corrected chi connectivity index (χ0v) is 15.7. The first kappa shape index (κ1) is 19.4. The van der Waals surface area contributed by atoms with Crippen LogP contribution in [0, 0.1) is 18.8 Å². The Balaban J connectivity index is 2.00. The molecule has 138 valence electrons. The van der Waals surface area contributed by atoms with Crippen LogP contribution in [0.4, 0.5) is 5.69 Å². The molecule has 1 aliphatic carbocycles. The number of benzene rings is 1. The first-order chi connectivity index (χ1) is 11.8. The van der Waals surface area contributed by atoms with Gasteiger partial charge in [-0.05, 0) is 49.4 Å². The normalized spacial score (nSPS) is 19.9. The summed E-state index contributed by atoms with van der Waals surface area (Å²) in [6.07, 6.45) is 3.01. The van der Waals surface area contributed by atoms with Crippen molar-refractivity contribution in [3.63, 3.8) is 0 Å². The van der Waals surface area contributed by atoms with Gasteiger partial charge in [0.1, 0.15) is 0 Å². The van der Waals surface area contributed by atoms with Gasteiger partial charge in [-0.25, -0.2) is 0 Å². The highest BCUT2D eigenvalue weighted by atomic mass is 16.3. The molecule has 0 aliphatic heterocycles. The minimum atomic E-state index is -0.296. The van der Waals surface area contributed by atoms with Crippen molar-refractivity contribution in [2.24, 2.45) is 11.8 Å². The van der Waals surface area contributed by atoms with E-state index >= 15 is 0 Å². The standard InChI is InChI=1S/C20H30N2O3/c1-13(2)10-19(24)21-17-9-8-15(11-14(17)3)20(25)22(4)12-16-6-5-7-18(16)23/h8-9,11,13,16,18,23H,5-7,10,12H2,1-4H3,(H,21,24). The van der Waals surface area contributed by atoms with Gasteiger partial charge in [0.25, 0.3) is 5.91 Å². The minimum absolute atomic E-state index is 0.00971. The number of aliphatic hydroxyl groups is 1. The Morgan fingerprint density at radius 1 is 1.32 bits per heavy atom. The maximum Gasteiger partial charge on any atom is 0.253 e. The molecule has 1 aromatic carbocycles. The Hall–Kier alpha value is -1.88. The van der Waals surface area contributed by atoms with Crippen molar-refractivity contribution in [1.29, 1.82) is 0 Å². The molecule has 1 aromatic rings. The molecule has 0 aromatic heterocycles. The van der Waals surface area contributed by atoms with Crippen LogP contribution in [0.3, 0.4) is 0 Å². The average Bonchev–Trinajstić information content (AvgIpc) is 2.92. The van der Waals surface area contributed by atoms with E-state index in [-0.39, 0.29) is 23.8 Å². The van der Waals surface area contributed by atoms with E-state index in [9.17, 15) is 14.7 Å². The van der Waals surface area contributed by atoms with Crippen molar-refractivity contribution in [3.8, 4) is 0 Å². The van der Waals surface area contributed by atoms with Gasteiger partial charge >= 0.3 is 0 Å². The highest BCUT2D eigenvalue weighted by Gasteiger charge is 2.27. The smallest absolute Gasteiger partial charge is 0.253 e. The van der Waals surface area contributed by atoms with Crippen LogP contribution in [-0.4, -0.2) is 41.5 Å². The lowest BCUT2D eigenvalue weighted by atomic mass is 10.0. The van der Waals surface area contributed by atoms with Gasteiger partial charge in [0, 0.05) is 37.2 Å². The van der Waals surface area contributed by atoms with Crippen molar-refractivity contribution in [2.45, 2.75) is 52.6 Å². The maximum absolute atomic E-state index is 12.6. The second-order valence-corrected chi connectivity index (χ2v) is 7.62. The SMILES string of the molecule is Cc1cc(C(=O)N(C)CC2CCCC2O)ccc1NC(=O)CC(C)C. The second kappa shape index (κ2) is 8.48. The van der Waals surface area contributed by atoms with E-state index in [0.29, 0.717) is 24.4 Å². The summed E-state index contributed by atoms with van der Waals surface area (Å²) in [6, 6.07) is 5.36. The molecule has 0 radical (unpaired) electrons. The van der Waals surface area contributed by atoms with Crippen molar-refractivity contribution >= 4 is 17.5 Å². The molecule has 5 nitrogen and oxygen atoms in total. The number of rotatable bonds is 6. The molecule has 1 saturated carbocycles. The number of aryl methyl sites for hydroxylation is 1. The van der Waals surface area contributed by atoms with Gasteiger partial charge in [-0.15, -0.1) is 0 Å². The maximum atomic E-state index is 12.6. The fourth-order valence-electron chi connectivity index (χ4n) is 3.39. The van der Waals surface area contributed by atoms with Crippen LogP contribution in [-0.2, 0) is 4.79 Å². The summed E-state index contributed by atoms with van der Waals surface area (Å²) in [6.45, 7) is 6.48. The van der Waals surface area contributed by atoms with Gasteiger partial charge in [0.2, 0.25) is 5.91 Å². The first-order valence-corrected chi connectivity index (χ1v) is 9.12. The monoisotopic (exact) mass is 346 g/mol. The van der Waals surface area contributed by atoms with E-state index < -0.39 is 0 Å². The number of hydrogen-bond acceptors (Lipinski definition) is 3. The molecular weight excluding hydrogens is 316 g/mol. The molecule has 0 saturated heterocycles. The van der Waals surface area contributed by atoms with Gasteiger partial charge in [0.05, 0.1) is 6.10 Å². The summed E-state index contributed by atoms with van der Waals surface area (Å²) in [7, 11) is 1.78. The molecule has 1 aliphatic rings. The highest BCUT2D eigenvalue weighted by Crippen LogP contribution is 2.26. The lowest BCUT2D eigenvalue weighted by molar-refractivity contribution is -0.116. The van der Waals surface area contributed by atoms with E-state index in [1.807, 2.05) is 26.8 Å². The van der Waals surface area contributed by atoms with Crippen molar-refractivity contribution < 1.29 is 14.7 Å². The molecule has 2 unspecified atom stereocenters. The topological polar surface area (TPSA) is 69.6 Å². The van der Waals surface area contributed by atoms with Crippen LogP contribution in [0.5, 0.6) is 0 Å². The number of carbonyl (C=O) groups excluding carboxylic acids is 2. The summed E-state index contributed by atoms with van der Waals surface area (Å²) in [4.78, 5) is 26.2. The van der Waals surface area contributed by atoms with Gasteiger partial charge < -0.3 is 15.3 Å². The molecule has 5 heteroatoms. The highest BCUT2D eigenvalue weighted by molar-refractivity contribution is 5.96. The Kier molecular flexibility index (Phi) is 6.59. The predicted octanol–water partition coefficient (Wildman–Crippen LogP) is 3.21. The number of hydrogen-bond donors (Lipinski definition) is 2. The Bertz CT molecular complexity index is 627. The number of carbonyl (C=O) groups is 2. The Labute approximate surface area is 150 Å². The molecule has 1 fully saturated rings. The summed E-state index contributed by atoms with van der Waals surface area (Å²) in [5.41, 5.74) is 2.22. The molecule has 2 N–H and O–H groups in total. The predicted molar refractivity (Wildman–Crippen MR) is 99.6 cm³/mol. The lowest BCUT2D eigenvalue weighted by Gasteiger charge is -2.23. The van der Waals surface area contributed by atoms with E-state index in [0.717, 1.165) is 30.5 Å². The third-order valence-corrected chi connectivity index (χ3v) is 4.82. The van der Waals surface area contributed by atoms with E-state index in [2.05, 4.69) is 5.32 Å². The Morgan fingerprint density at radius 2 is 2.04 bits per heavy atom. The number of anilines is 1. The molecule has 0 bridgehead atoms. The van der Waals surface area contributed by atoms with Crippen LogP contribution in [0.15, 0.2) is 18.2 Å². The van der Waals surface area contributed by atoms with Crippen LogP contribution in [0.1, 0.15) is 55.5 Å². The van der Waals surface area contributed by atoms with E-state index in [1.165, 1.54) is 0 Å². The van der Waals surface area contributed by atoms with Gasteiger partial charge in [-0.3, -0.25) is 9.59 Å². The zero-order valence-electron chi connectivity index (χ0n) is 15.7. The zero-order chi connectivity index (χ0) is 18.6. The molecule has 2 atom stereocenters. The molecule has 2 rings (SSSR count).